The second-order valence-corrected chi connectivity index (χ2v) is 1.87. The lowest BCUT2D eigenvalue weighted by Crippen LogP contribution is -1.73. The van der Waals surface area contributed by atoms with Crippen LogP contribution in [0.5, 0.6) is 0 Å². The molecule has 0 saturated heterocycles. The summed E-state index contributed by atoms with van der Waals surface area (Å²) in [6.07, 6.45) is 5.06. The Bertz CT molecular complexity index is 152. The van der Waals surface area contributed by atoms with Gasteiger partial charge >= 0.3 is 0 Å². The normalized spacial score (nSPS) is 5.67. The molecular formula is C15H28. The molecule has 0 bridgehead atoms. The van der Waals surface area contributed by atoms with Crippen LogP contribution in [0.15, 0.2) is 62.3 Å². The van der Waals surface area contributed by atoms with Gasteiger partial charge in [0.25, 0.3) is 0 Å². The van der Waals surface area contributed by atoms with E-state index >= 15 is 0 Å². The highest BCUT2D eigenvalue weighted by Crippen LogP contribution is 2.04. The van der Waals surface area contributed by atoms with Crippen LogP contribution in [0.3, 0.4) is 0 Å². The summed E-state index contributed by atoms with van der Waals surface area (Å²) in [5.41, 5.74) is 1.67. The third-order valence-corrected chi connectivity index (χ3v) is 0.905. The molecule has 0 aromatic carbocycles. The van der Waals surface area contributed by atoms with Crippen LogP contribution in [-0.2, 0) is 0 Å². The van der Waals surface area contributed by atoms with Gasteiger partial charge in [0, 0.05) is 0 Å². The van der Waals surface area contributed by atoms with Gasteiger partial charge in [-0.2, -0.15) is 0 Å². The molecule has 0 aromatic heterocycles. The molecule has 0 heteroatoms. The Kier molecular flexibility index (Phi) is 45.9. The lowest BCUT2D eigenvalue weighted by atomic mass is 10.1. The Hall–Kier alpha value is -1.30. The fourth-order valence-corrected chi connectivity index (χ4v) is 0.262. The van der Waals surface area contributed by atoms with Gasteiger partial charge in [0.15, 0.2) is 0 Å². The van der Waals surface area contributed by atoms with Crippen LogP contribution in [0.2, 0.25) is 0 Å². The topological polar surface area (TPSA) is 0 Å². The van der Waals surface area contributed by atoms with Crippen molar-refractivity contribution in [3.8, 4) is 0 Å². The molecule has 15 heavy (non-hydrogen) atoms. The van der Waals surface area contributed by atoms with E-state index in [1.165, 1.54) is 0 Å². The highest BCUT2D eigenvalue weighted by molar-refractivity contribution is 5.40. The molecule has 0 amide bonds. The molecule has 0 aliphatic heterocycles. The summed E-state index contributed by atoms with van der Waals surface area (Å²) in [7, 11) is 0. The molecule has 0 aliphatic rings. The van der Waals surface area contributed by atoms with Crippen LogP contribution in [0, 0.1) is 0 Å². The Morgan fingerprint density at radius 1 is 0.733 bits per heavy atom. The third-order valence-electron chi connectivity index (χ3n) is 0.905. The maximum atomic E-state index is 3.66. The van der Waals surface area contributed by atoms with Crippen molar-refractivity contribution in [1.29, 1.82) is 0 Å². The van der Waals surface area contributed by atoms with Gasteiger partial charge in [-0.25, -0.2) is 0 Å². The summed E-state index contributed by atoms with van der Waals surface area (Å²) in [6.45, 7) is 27.6. The highest BCUT2D eigenvalue weighted by Gasteiger charge is 1.84. The van der Waals surface area contributed by atoms with Gasteiger partial charge in [0.05, 0.1) is 0 Å². The average Bonchev–Trinajstić information content (AvgIpc) is 2.33. The zero-order valence-corrected chi connectivity index (χ0v) is 11.3. The minimum absolute atomic E-state index is 0.833. The minimum atomic E-state index is 0.833. The molecule has 0 radical (unpaired) electrons. The van der Waals surface area contributed by atoms with Crippen LogP contribution in [0.25, 0.3) is 0 Å². The van der Waals surface area contributed by atoms with Crippen molar-refractivity contribution in [2.45, 2.75) is 34.6 Å². The first-order chi connectivity index (χ1) is 7.13. The molecule has 0 N–H and O–H groups in total. The molecule has 0 unspecified atom stereocenters. The predicted octanol–water partition coefficient (Wildman–Crippen LogP) is 5.72. The second-order valence-electron chi connectivity index (χ2n) is 1.87. The molecule has 0 saturated carbocycles. The Labute approximate surface area is 97.4 Å². The molecule has 88 valence electrons. The number of hydrogen-bond donors (Lipinski definition) is 0. The summed E-state index contributed by atoms with van der Waals surface area (Å²) in [6, 6.07) is 0. The molecular weight excluding hydrogens is 180 g/mol. The molecule has 0 aromatic rings. The predicted molar refractivity (Wildman–Crippen MR) is 77.2 cm³/mol. The van der Waals surface area contributed by atoms with Crippen molar-refractivity contribution >= 4 is 0 Å². The van der Waals surface area contributed by atoms with Crippen LogP contribution < -0.4 is 0 Å². The SMILES string of the molecule is C=CC.C=CC(=C)C(=C)C=C.CC.CC. The number of rotatable bonds is 3. The number of hydrogen-bond acceptors (Lipinski definition) is 0. The zero-order valence-electron chi connectivity index (χ0n) is 11.3. The lowest BCUT2D eigenvalue weighted by molar-refractivity contribution is 1.50. The van der Waals surface area contributed by atoms with Gasteiger partial charge in [-0.05, 0) is 18.1 Å². The van der Waals surface area contributed by atoms with E-state index in [-0.39, 0.29) is 0 Å². The minimum Gasteiger partial charge on any atom is -0.103 e. The van der Waals surface area contributed by atoms with E-state index in [2.05, 4.69) is 32.9 Å². The number of allylic oxidation sites excluding steroid dienone is 5. The molecule has 0 nitrogen and oxygen atoms in total. The zero-order chi connectivity index (χ0) is 13.3. The largest absolute Gasteiger partial charge is 0.103 e. The smallest absolute Gasteiger partial charge is 0.0268 e. The molecule has 0 aliphatic carbocycles. The van der Waals surface area contributed by atoms with E-state index in [1.54, 1.807) is 18.2 Å². The van der Waals surface area contributed by atoms with Crippen molar-refractivity contribution in [2.24, 2.45) is 0 Å². The van der Waals surface area contributed by atoms with Crippen molar-refractivity contribution in [1.82, 2.24) is 0 Å². The Balaban J connectivity index is -0.0000000726. The van der Waals surface area contributed by atoms with Crippen LogP contribution in [0.1, 0.15) is 34.6 Å². The van der Waals surface area contributed by atoms with E-state index in [9.17, 15) is 0 Å². The van der Waals surface area contributed by atoms with Crippen LogP contribution in [-0.4, -0.2) is 0 Å². The van der Waals surface area contributed by atoms with Gasteiger partial charge in [0.1, 0.15) is 0 Å². The van der Waals surface area contributed by atoms with Gasteiger partial charge in [-0.1, -0.05) is 72.2 Å². The standard InChI is InChI=1S/C8H10.C3H6.2C2H6/c1-5-7(3)8(4)6-2;1-3-2;2*1-2/h5-6H,1-4H2;3H,1H2,2H3;2*1-2H3. The first kappa shape index (κ1) is 23.5. The Morgan fingerprint density at radius 3 is 0.933 bits per heavy atom. The van der Waals surface area contributed by atoms with Crippen LogP contribution in [0.4, 0.5) is 0 Å². The van der Waals surface area contributed by atoms with E-state index in [1.807, 2.05) is 34.6 Å². The Morgan fingerprint density at radius 2 is 0.867 bits per heavy atom. The summed E-state index contributed by atoms with van der Waals surface area (Å²) in [4.78, 5) is 0. The molecule has 0 rings (SSSR count). The van der Waals surface area contributed by atoms with E-state index in [0.29, 0.717) is 0 Å². The summed E-state index contributed by atoms with van der Waals surface area (Å²) in [5.74, 6) is 0. The van der Waals surface area contributed by atoms with E-state index in [4.69, 9.17) is 0 Å². The second kappa shape index (κ2) is 29.3. The van der Waals surface area contributed by atoms with E-state index < -0.39 is 0 Å². The maximum absolute atomic E-state index is 3.66. The summed E-state index contributed by atoms with van der Waals surface area (Å²) >= 11 is 0. The van der Waals surface area contributed by atoms with Gasteiger partial charge in [-0.15, -0.1) is 6.58 Å². The van der Waals surface area contributed by atoms with Crippen molar-refractivity contribution < 1.29 is 0 Å². The van der Waals surface area contributed by atoms with Crippen LogP contribution >= 0.6 is 0 Å². The van der Waals surface area contributed by atoms with Crippen molar-refractivity contribution in [3.63, 3.8) is 0 Å². The fourth-order valence-electron chi connectivity index (χ4n) is 0.262. The monoisotopic (exact) mass is 208 g/mol. The van der Waals surface area contributed by atoms with Crippen molar-refractivity contribution in [3.05, 3.63) is 62.3 Å². The van der Waals surface area contributed by atoms with Gasteiger partial charge < -0.3 is 0 Å². The first-order valence-electron chi connectivity index (χ1n) is 5.34. The average molecular weight is 208 g/mol. The highest BCUT2D eigenvalue weighted by atomic mass is 13.9. The van der Waals surface area contributed by atoms with Gasteiger partial charge in [0.2, 0.25) is 0 Å². The summed E-state index contributed by atoms with van der Waals surface area (Å²) < 4.78 is 0. The van der Waals surface area contributed by atoms with E-state index in [0.717, 1.165) is 11.1 Å². The molecule has 0 atom stereocenters. The first-order valence-corrected chi connectivity index (χ1v) is 5.34. The third kappa shape index (κ3) is 32.4. The lowest BCUT2D eigenvalue weighted by Gasteiger charge is -1.93. The van der Waals surface area contributed by atoms with Gasteiger partial charge in [-0.3, -0.25) is 0 Å². The molecule has 0 heterocycles. The van der Waals surface area contributed by atoms with Crippen molar-refractivity contribution in [2.75, 3.05) is 0 Å². The maximum Gasteiger partial charge on any atom is -0.0268 e. The molecule has 0 fully saturated rings. The fraction of sp³-hybridized carbons (Fsp3) is 0.333. The quantitative estimate of drug-likeness (QED) is 0.411. The summed E-state index contributed by atoms with van der Waals surface area (Å²) in [5, 5.41) is 0. The molecule has 0 spiro atoms.